The molecule has 1 aliphatic carbocycles. The molecule has 1 aromatic carbocycles. The van der Waals surface area contributed by atoms with Crippen LogP contribution >= 0.6 is 12.2 Å². The van der Waals surface area contributed by atoms with E-state index < -0.39 is 0 Å². The maximum absolute atomic E-state index is 12.3. The van der Waals surface area contributed by atoms with Gasteiger partial charge in [0.15, 0.2) is 0 Å². The number of H-pyrrole nitrogens is 1. The molecule has 4 nitrogen and oxygen atoms in total. The summed E-state index contributed by atoms with van der Waals surface area (Å²) in [6.07, 6.45) is 4.11. The van der Waals surface area contributed by atoms with Crippen molar-refractivity contribution in [2.75, 3.05) is 7.11 Å². The van der Waals surface area contributed by atoms with Crippen LogP contribution in [0.25, 0.3) is 0 Å². The van der Waals surface area contributed by atoms with Gasteiger partial charge >= 0.3 is 5.69 Å². The van der Waals surface area contributed by atoms with Gasteiger partial charge in [0.2, 0.25) is 0 Å². The number of hydrogen-bond acceptors (Lipinski definition) is 3. The highest BCUT2D eigenvalue weighted by Crippen LogP contribution is 2.23. The van der Waals surface area contributed by atoms with Crippen LogP contribution in [0.1, 0.15) is 29.7 Å². The fourth-order valence-electron chi connectivity index (χ4n) is 2.97. The summed E-state index contributed by atoms with van der Waals surface area (Å²) in [7, 11) is 1.65. The Hall–Kier alpha value is -1.88. The fourth-order valence-corrected chi connectivity index (χ4v) is 3.27. The van der Waals surface area contributed by atoms with E-state index in [1.807, 2.05) is 28.8 Å². The standard InChI is InChI=1S/C16H18N2O2S/c1-20-14-9-5-2-6-11(14)10-18-13-8-4-3-7-12(13)15(21)17-16(18)19/h2,5-6,9H,3-4,7-8,10H2,1H3,(H,17,19,21). The van der Waals surface area contributed by atoms with Gasteiger partial charge in [-0.15, -0.1) is 0 Å². The minimum absolute atomic E-state index is 0.133. The number of nitrogens with one attached hydrogen (secondary N) is 1. The van der Waals surface area contributed by atoms with E-state index in [-0.39, 0.29) is 5.69 Å². The minimum atomic E-state index is -0.133. The van der Waals surface area contributed by atoms with Crippen LogP contribution in [-0.2, 0) is 19.4 Å². The molecule has 0 saturated carbocycles. The van der Waals surface area contributed by atoms with Crippen LogP contribution in [0.2, 0.25) is 0 Å². The van der Waals surface area contributed by atoms with Crippen molar-refractivity contribution >= 4 is 12.2 Å². The van der Waals surface area contributed by atoms with E-state index in [0.29, 0.717) is 11.2 Å². The molecule has 0 amide bonds. The smallest absolute Gasteiger partial charge is 0.327 e. The minimum Gasteiger partial charge on any atom is -0.496 e. The first-order chi connectivity index (χ1) is 10.2. The molecule has 0 fully saturated rings. The molecule has 0 unspecified atom stereocenters. The predicted molar refractivity (Wildman–Crippen MR) is 84.6 cm³/mol. The summed E-state index contributed by atoms with van der Waals surface area (Å²) in [4.78, 5) is 15.1. The molecule has 1 heterocycles. The average Bonchev–Trinajstić information content (AvgIpc) is 2.52. The van der Waals surface area contributed by atoms with E-state index in [0.717, 1.165) is 48.3 Å². The average molecular weight is 302 g/mol. The highest BCUT2D eigenvalue weighted by atomic mass is 32.1. The zero-order chi connectivity index (χ0) is 14.8. The summed E-state index contributed by atoms with van der Waals surface area (Å²) < 4.78 is 7.79. The largest absolute Gasteiger partial charge is 0.496 e. The number of methoxy groups -OCH3 is 1. The number of rotatable bonds is 3. The molecule has 5 heteroatoms. The first-order valence-corrected chi connectivity index (χ1v) is 7.58. The molecule has 0 spiro atoms. The number of fused-ring (bicyclic) bond motifs is 1. The summed E-state index contributed by atoms with van der Waals surface area (Å²) in [5.74, 6) is 0.802. The van der Waals surface area contributed by atoms with Gasteiger partial charge in [-0.3, -0.25) is 9.55 Å². The lowest BCUT2D eigenvalue weighted by molar-refractivity contribution is 0.407. The highest BCUT2D eigenvalue weighted by Gasteiger charge is 2.17. The third-order valence-corrected chi connectivity index (χ3v) is 4.37. The van der Waals surface area contributed by atoms with E-state index in [4.69, 9.17) is 17.0 Å². The lowest BCUT2D eigenvalue weighted by Crippen LogP contribution is -2.30. The molecular weight excluding hydrogens is 284 g/mol. The number of benzene rings is 1. The number of ether oxygens (including phenoxy) is 1. The number of aromatic nitrogens is 2. The Morgan fingerprint density at radius 2 is 2.05 bits per heavy atom. The van der Waals surface area contributed by atoms with Gasteiger partial charge in [-0.2, -0.15) is 0 Å². The Morgan fingerprint density at radius 1 is 1.29 bits per heavy atom. The van der Waals surface area contributed by atoms with Crippen LogP contribution < -0.4 is 10.4 Å². The number of nitrogens with zero attached hydrogens (tertiary/aromatic N) is 1. The van der Waals surface area contributed by atoms with E-state index in [2.05, 4.69) is 4.98 Å². The van der Waals surface area contributed by atoms with Crippen molar-refractivity contribution in [3.8, 4) is 5.75 Å². The second kappa shape index (κ2) is 5.85. The molecule has 2 aromatic rings. The van der Waals surface area contributed by atoms with Crippen molar-refractivity contribution in [2.24, 2.45) is 0 Å². The molecule has 110 valence electrons. The number of aromatic amines is 1. The molecule has 0 aliphatic heterocycles. The fraction of sp³-hybridized carbons (Fsp3) is 0.375. The summed E-state index contributed by atoms with van der Waals surface area (Å²) in [5, 5.41) is 0. The Labute approximate surface area is 128 Å². The zero-order valence-electron chi connectivity index (χ0n) is 12.0. The third kappa shape index (κ3) is 2.65. The van der Waals surface area contributed by atoms with Gasteiger partial charge in [-0.25, -0.2) is 4.79 Å². The molecule has 0 saturated heterocycles. The van der Waals surface area contributed by atoms with Crippen LogP contribution in [0.5, 0.6) is 5.75 Å². The van der Waals surface area contributed by atoms with E-state index >= 15 is 0 Å². The monoisotopic (exact) mass is 302 g/mol. The normalized spacial score (nSPS) is 13.8. The molecule has 1 aromatic heterocycles. The van der Waals surface area contributed by atoms with Crippen molar-refractivity contribution in [3.05, 3.63) is 56.2 Å². The van der Waals surface area contributed by atoms with Crippen LogP contribution in [0.15, 0.2) is 29.1 Å². The molecule has 21 heavy (non-hydrogen) atoms. The maximum atomic E-state index is 12.3. The molecule has 0 atom stereocenters. The van der Waals surface area contributed by atoms with Gasteiger partial charge in [-0.05, 0) is 31.7 Å². The number of para-hydroxylation sites is 1. The van der Waals surface area contributed by atoms with Crippen molar-refractivity contribution < 1.29 is 4.74 Å². The topological polar surface area (TPSA) is 47.0 Å². The summed E-state index contributed by atoms with van der Waals surface area (Å²) in [6.45, 7) is 0.511. The van der Waals surface area contributed by atoms with Gasteiger partial charge in [-0.1, -0.05) is 30.4 Å². The van der Waals surface area contributed by atoms with Crippen LogP contribution in [0, 0.1) is 4.64 Å². The first-order valence-electron chi connectivity index (χ1n) is 7.17. The van der Waals surface area contributed by atoms with Crippen molar-refractivity contribution in [1.29, 1.82) is 0 Å². The molecular formula is C16H18N2O2S. The Kier molecular flexibility index (Phi) is 3.92. The van der Waals surface area contributed by atoms with E-state index in [9.17, 15) is 4.79 Å². The molecule has 0 radical (unpaired) electrons. The molecule has 1 N–H and O–H groups in total. The van der Waals surface area contributed by atoms with Crippen molar-refractivity contribution in [3.63, 3.8) is 0 Å². The molecule has 0 bridgehead atoms. The van der Waals surface area contributed by atoms with Gasteiger partial charge in [0, 0.05) is 16.8 Å². The first kappa shape index (κ1) is 14.1. The van der Waals surface area contributed by atoms with E-state index in [1.165, 1.54) is 0 Å². The van der Waals surface area contributed by atoms with Gasteiger partial charge in [0.25, 0.3) is 0 Å². The van der Waals surface area contributed by atoms with E-state index in [1.54, 1.807) is 7.11 Å². The molecule has 1 aliphatic rings. The predicted octanol–water partition coefficient (Wildman–Crippen LogP) is 2.84. The van der Waals surface area contributed by atoms with Crippen molar-refractivity contribution in [2.45, 2.75) is 32.2 Å². The van der Waals surface area contributed by atoms with Crippen LogP contribution in [0.3, 0.4) is 0 Å². The van der Waals surface area contributed by atoms with Gasteiger partial charge in [0.05, 0.1) is 13.7 Å². The third-order valence-electron chi connectivity index (χ3n) is 4.03. The Morgan fingerprint density at radius 3 is 2.86 bits per heavy atom. The van der Waals surface area contributed by atoms with Crippen LogP contribution in [-0.4, -0.2) is 16.7 Å². The second-order valence-electron chi connectivity index (χ2n) is 5.29. The lowest BCUT2D eigenvalue weighted by Gasteiger charge is -2.21. The Bertz CT molecular complexity index is 777. The maximum Gasteiger partial charge on any atom is 0.327 e. The van der Waals surface area contributed by atoms with Crippen molar-refractivity contribution in [1.82, 2.24) is 9.55 Å². The zero-order valence-corrected chi connectivity index (χ0v) is 12.8. The number of hydrogen-bond donors (Lipinski definition) is 1. The Balaban J connectivity index is 2.11. The summed E-state index contributed by atoms with van der Waals surface area (Å²) in [5.41, 5.74) is 3.08. The highest BCUT2D eigenvalue weighted by molar-refractivity contribution is 7.71. The SMILES string of the molecule is COc1ccccc1Cn1c2c(c(=S)[nH]c1=O)CCCC2. The second-order valence-corrected chi connectivity index (χ2v) is 5.70. The molecule has 3 rings (SSSR count). The summed E-state index contributed by atoms with van der Waals surface area (Å²) in [6, 6.07) is 7.79. The summed E-state index contributed by atoms with van der Waals surface area (Å²) >= 11 is 5.31. The van der Waals surface area contributed by atoms with Gasteiger partial charge < -0.3 is 4.74 Å². The lowest BCUT2D eigenvalue weighted by atomic mass is 9.97. The van der Waals surface area contributed by atoms with Crippen LogP contribution in [0.4, 0.5) is 0 Å². The van der Waals surface area contributed by atoms with Gasteiger partial charge in [0.1, 0.15) is 10.4 Å². The quantitative estimate of drug-likeness (QED) is 0.887.